The second-order valence-corrected chi connectivity index (χ2v) is 5.90. The zero-order chi connectivity index (χ0) is 17.9. The molecule has 0 aliphatic carbocycles. The van der Waals surface area contributed by atoms with Gasteiger partial charge in [0.15, 0.2) is 11.5 Å². The zero-order valence-corrected chi connectivity index (χ0v) is 14.3. The zero-order valence-electron chi connectivity index (χ0n) is 13.4. The first-order valence-corrected chi connectivity index (χ1v) is 8.01. The van der Waals surface area contributed by atoms with Gasteiger partial charge in [0.25, 0.3) is 11.1 Å². The number of esters is 1. The van der Waals surface area contributed by atoms with Gasteiger partial charge in [-0.05, 0) is 49.4 Å². The minimum atomic E-state index is -0.993. The number of ether oxygens (including phenoxy) is 2. The summed E-state index contributed by atoms with van der Waals surface area (Å²) in [6, 6.07) is 3.61. The predicted molar refractivity (Wildman–Crippen MR) is 88.6 cm³/mol. The summed E-state index contributed by atoms with van der Waals surface area (Å²) in [6.07, 6.45) is 1.51. The average Bonchev–Trinajstić information content (AvgIpc) is 2.83. The number of nitrogens with zero attached hydrogens (tertiary/aromatic N) is 1. The summed E-state index contributed by atoms with van der Waals surface area (Å²) in [5.74, 6) is -0.953. The van der Waals surface area contributed by atoms with Crippen LogP contribution in [0.3, 0.4) is 0 Å². The van der Waals surface area contributed by atoms with Crippen LogP contribution < -0.4 is 4.74 Å². The van der Waals surface area contributed by atoms with Crippen LogP contribution >= 0.6 is 11.8 Å². The molecule has 128 valence electrons. The summed E-state index contributed by atoms with van der Waals surface area (Å²) in [5.41, 5.74) is 0.590. The summed E-state index contributed by atoms with van der Waals surface area (Å²) >= 11 is 0.744. The van der Waals surface area contributed by atoms with Crippen LogP contribution in [0.5, 0.6) is 11.5 Å². The van der Waals surface area contributed by atoms with E-state index in [1.807, 2.05) is 0 Å². The number of thioether (sulfide) groups is 1. The summed E-state index contributed by atoms with van der Waals surface area (Å²) < 4.78 is 9.86. The molecule has 24 heavy (non-hydrogen) atoms. The Labute approximate surface area is 143 Å². The number of amides is 2. The van der Waals surface area contributed by atoms with E-state index in [-0.39, 0.29) is 16.4 Å². The van der Waals surface area contributed by atoms with Gasteiger partial charge in [-0.1, -0.05) is 6.07 Å². The van der Waals surface area contributed by atoms with E-state index in [0.29, 0.717) is 12.2 Å². The number of benzene rings is 1. The van der Waals surface area contributed by atoms with E-state index in [9.17, 15) is 19.5 Å². The van der Waals surface area contributed by atoms with Gasteiger partial charge < -0.3 is 14.6 Å². The smallest absolute Gasteiger partial charge is 0.328 e. The molecule has 0 spiro atoms. The largest absolute Gasteiger partial charge is 0.504 e. The standard InChI is InChI=1S/C16H17NO6S/c1-4-23-12-7-10(5-6-11(12)18)8-13-14(19)17(16(21)24-13)9(2)15(20)22-3/h5-9,18H,4H2,1-3H3/b13-8+. The number of imide groups is 1. The Morgan fingerprint density at radius 2 is 2.12 bits per heavy atom. The molecule has 0 saturated carbocycles. The number of methoxy groups -OCH3 is 1. The molecular weight excluding hydrogens is 334 g/mol. The number of rotatable bonds is 5. The van der Waals surface area contributed by atoms with Crippen LogP contribution in [-0.2, 0) is 14.3 Å². The third-order valence-corrected chi connectivity index (χ3v) is 4.22. The first-order valence-electron chi connectivity index (χ1n) is 7.19. The minimum absolute atomic E-state index is 0.0126. The van der Waals surface area contributed by atoms with Gasteiger partial charge in [-0.2, -0.15) is 0 Å². The molecule has 7 nitrogen and oxygen atoms in total. The molecule has 0 aromatic heterocycles. The van der Waals surface area contributed by atoms with Crippen molar-refractivity contribution in [1.82, 2.24) is 4.90 Å². The van der Waals surface area contributed by atoms with Crippen molar-refractivity contribution in [2.24, 2.45) is 0 Å². The van der Waals surface area contributed by atoms with Crippen LogP contribution in [0.25, 0.3) is 6.08 Å². The Bertz CT molecular complexity index is 715. The first-order chi connectivity index (χ1) is 11.4. The maximum Gasteiger partial charge on any atom is 0.328 e. The topological polar surface area (TPSA) is 93.1 Å². The van der Waals surface area contributed by atoms with Gasteiger partial charge in [-0.15, -0.1) is 0 Å². The highest BCUT2D eigenvalue weighted by atomic mass is 32.2. The highest BCUT2D eigenvalue weighted by molar-refractivity contribution is 8.18. The summed E-state index contributed by atoms with van der Waals surface area (Å²) in [4.78, 5) is 37.0. The number of phenolic OH excluding ortho intramolecular Hbond substituents is 1. The Morgan fingerprint density at radius 1 is 1.42 bits per heavy atom. The highest BCUT2D eigenvalue weighted by Crippen LogP contribution is 2.35. The van der Waals surface area contributed by atoms with Crippen LogP contribution in [0.1, 0.15) is 19.4 Å². The van der Waals surface area contributed by atoms with E-state index in [4.69, 9.17) is 4.74 Å². The molecule has 1 aromatic carbocycles. The molecule has 1 fully saturated rings. The monoisotopic (exact) mass is 351 g/mol. The van der Waals surface area contributed by atoms with Crippen molar-refractivity contribution < 1.29 is 29.0 Å². The Morgan fingerprint density at radius 3 is 2.75 bits per heavy atom. The average molecular weight is 351 g/mol. The summed E-state index contributed by atoms with van der Waals surface area (Å²) in [6.45, 7) is 3.59. The van der Waals surface area contributed by atoms with E-state index >= 15 is 0 Å². The fraction of sp³-hybridized carbons (Fsp3) is 0.312. The van der Waals surface area contributed by atoms with Crippen LogP contribution in [0.2, 0.25) is 0 Å². The molecule has 2 rings (SSSR count). The lowest BCUT2D eigenvalue weighted by Gasteiger charge is -2.18. The number of aromatic hydroxyl groups is 1. The maximum absolute atomic E-state index is 12.4. The molecule has 1 atom stereocenters. The molecule has 1 N–H and O–H groups in total. The fourth-order valence-electron chi connectivity index (χ4n) is 2.13. The van der Waals surface area contributed by atoms with Gasteiger partial charge in [0.1, 0.15) is 6.04 Å². The van der Waals surface area contributed by atoms with Gasteiger partial charge in [0.2, 0.25) is 0 Å². The van der Waals surface area contributed by atoms with Crippen molar-refractivity contribution >= 4 is 35.0 Å². The van der Waals surface area contributed by atoms with E-state index in [1.54, 1.807) is 19.1 Å². The molecule has 0 radical (unpaired) electrons. The Hall–Kier alpha value is -2.48. The Balaban J connectivity index is 2.29. The molecule has 8 heteroatoms. The van der Waals surface area contributed by atoms with Crippen LogP contribution in [-0.4, -0.2) is 46.9 Å². The molecule has 1 aromatic rings. The first kappa shape index (κ1) is 17.9. The minimum Gasteiger partial charge on any atom is -0.504 e. The van der Waals surface area contributed by atoms with Crippen LogP contribution in [0, 0.1) is 0 Å². The Kier molecular flexibility index (Phi) is 5.50. The molecular formula is C16H17NO6S. The van der Waals surface area contributed by atoms with E-state index in [1.165, 1.54) is 26.2 Å². The van der Waals surface area contributed by atoms with Crippen molar-refractivity contribution in [3.05, 3.63) is 28.7 Å². The molecule has 1 aliphatic heterocycles. The van der Waals surface area contributed by atoms with E-state index < -0.39 is 23.2 Å². The molecule has 2 amide bonds. The highest BCUT2D eigenvalue weighted by Gasteiger charge is 2.41. The van der Waals surface area contributed by atoms with Crippen molar-refractivity contribution in [2.45, 2.75) is 19.9 Å². The van der Waals surface area contributed by atoms with E-state index in [2.05, 4.69) is 4.74 Å². The number of carbonyl (C=O) groups excluding carboxylic acids is 3. The molecule has 1 heterocycles. The third-order valence-electron chi connectivity index (χ3n) is 3.33. The molecule has 1 unspecified atom stereocenters. The third kappa shape index (κ3) is 3.53. The summed E-state index contributed by atoms with van der Waals surface area (Å²) in [7, 11) is 1.19. The van der Waals surface area contributed by atoms with Gasteiger partial charge in [0, 0.05) is 0 Å². The van der Waals surface area contributed by atoms with Gasteiger partial charge in [-0.25, -0.2) is 4.79 Å². The molecule has 0 bridgehead atoms. The second kappa shape index (κ2) is 7.39. The molecule has 1 aliphatic rings. The van der Waals surface area contributed by atoms with Crippen molar-refractivity contribution in [1.29, 1.82) is 0 Å². The number of carbonyl (C=O) groups is 3. The predicted octanol–water partition coefficient (Wildman–Crippen LogP) is 2.39. The summed E-state index contributed by atoms with van der Waals surface area (Å²) in [5, 5.41) is 9.16. The van der Waals surface area contributed by atoms with Gasteiger partial charge in [-0.3, -0.25) is 14.5 Å². The van der Waals surface area contributed by atoms with Gasteiger partial charge in [0.05, 0.1) is 18.6 Å². The maximum atomic E-state index is 12.4. The molecule has 1 saturated heterocycles. The lowest BCUT2D eigenvalue weighted by Crippen LogP contribution is -2.42. The van der Waals surface area contributed by atoms with Crippen LogP contribution in [0.15, 0.2) is 23.1 Å². The fourth-order valence-corrected chi connectivity index (χ4v) is 3.04. The normalized spacial score (nSPS) is 17.3. The van der Waals surface area contributed by atoms with Gasteiger partial charge >= 0.3 is 5.97 Å². The quantitative estimate of drug-likeness (QED) is 0.643. The van der Waals surface area contributed by atoms with Crippen molar-refractivity contribution in [3.63, 3.8) is 0 Å². The lowest BCUT2D eigenvalue weighted by molar-refractivity contribution is -0.148. The van der Waals surface area contributed by atoms with Crippen molar-refractivity contribution in [2.75, 3.05) is 13.7 Å². The SMILES string of the molecule is CCOc1cc(/C=C2/SC(=O)N(C(C)C(=O)OC)C2=O)ccc1O. The number of hydrogen-bond donors (Lipinski definition) is 1. The number of phenols is 1. The second-order valence-electron chi connectivity index (χ2n) is 4.91. The lowest BCUT2D eigenvalue weighted by atomic mass is 10.1. The van der Waals surface area contributed by atoms with E-state index in [0.717, 1.165) is 16.7 Å². The van der Waals surface area contributed by atoms with Crippen molar-refractivity contribution in [3.8, 4) is 11.5 Å². The van der Waals surface area contributed by atoms with Crippen LogP contribution in [0.4, 0.5) is 4.79 Å². The number of hydrogen-bond acceptors (Lipinski definition) is 7.